The van der Waals surface area contributed by atoms with Crippen LogP contribution in [0.4, 0.5) is 5.69 Å². The molecule has 0 saturated carbocycles. The number of nitrogens with zero attached hydrogens (tertiary/aromatic N) is 2. The van der Waals surface area contributed by atoms with Gasteiger partial charge in [-0.1, -0.05) is 0 Å². The molecule has 0 spiro atoms. The SMILES string of the molecule is Cn1cc2c3c(ccnc31)NOCC2. The van der Waals surface area contributed by atoms with Gasteiger partial charge in [-0.3, -0.25) is 10.3 Å². The molecule has 2 aromatic heterocycles. The Bertz CT molecular complexity index is 489. The summed E-state index contributed by atoms with van der Waals surface area (Å²) in [5, 5.41) is 1.19. The fourth-order valence-corrected chi connectivity index (χ4v) is 1.96. The van der Waals surface area contributed by atoms with Gasteiger partial charge in [-0.15, -0.1) is 0 Å². The van der Waals surface area contributed by atoms with Gasteiger partial charge in [0.15, 0.2) is 0 Å². The molecule has 4 heteroatoms. The highest BCUT2D eigenvalue weighted by molar-refractivity contribution is 5.92. The second-order valence-corrected chi connectivity index (χ2v) is 3.52. The van der Waals surface area contributed by atoms with Crippen molar-refractivity contribution in [3.63, 3.8) is 0 Å². The molecule has 14 heavy (non-hydrogen) atoms. The molecule has 0 bridgehead atoms. The first-order chi connectivity index (χ1) is 6.86. The molecule has 0 fully saturated rings. The van der Waals surface area contributed by atoms with Crippen LogP contribution >= 0.6 is 0 Å². The minimum absolute atomic E-state index is 0.702. The van der Waals surface area contributed by atoms with Gasteiger partial charge < -0.3 is 4.57 Å². The zero-order valence-corrected chi connectivity index (χ0v) is 7.95. The Hall–Kier alpha value is -1.55. The fourth-order valence-electron chi connectivity index (χ4n) is 1.96. The minimum atomic E-state index is 0.702. The van der Waals surface area contributed by atoms with Crippen LogP contribution in [0.1, 0.15) is 5.56 Å². The van der Waals surface area contributed by atoms with Crippen LogP contribution in [0.15, 0.2) is 18.5 Å². The maximum atomic E-state index is 5.28. The van der Waals surface area contributed by atoms with Crippen molar-refractivity contribution in [1.82, 2.24) is 9.55 Å². The highest BCUT2D eigenvalue weighted by Crippen LogP contribution is 2.28. The molecule has 1 aliphatic rings. The van der Waals surface area contributed by atoms with Crippen LogP contribution in [0.25, 0.3) is 11.0 Å². The van der Waals surface area contributed by atoms with Gasteiger partial charge in [0, 0.05) is 31.2 Å². The van der Waals surface area contributed by atoms with Gasteiger partial charge in [0.1, 0.15) is 5.65 Å². The van der Waals surface area contributed by atoms with E-state index in [9.17, 15) is 0 Å². The second kappa shape index (κ2) is 2.72. The van der Waals surface area contributed by atoms with Crippen LogP contribution in [-0.4, -0.2) is 16.2 Å². The summed E-state index contributed by atoms with van der Waals surface area (Å²) in [5.74, 6) is 0. The van der Waals surface area contributed by atoms with E-state index in [1.165, 1.54) is 10.9 Å². The molecule has 0 aliphatic carbocycles. The van der Waals surface area contributed by atoms with Gasteiger partial charge in [0.2, 0.25) is 0 Å². The summed E-state index contributed by atoms with van der Waals surface area (Å²) in [5.41, 5.74) is 6.28. The van der Waals surface area contributed by atoms with Gasteiger partial charge in [-0.05, 0) is 11.6 Å². The number of rotatable bonds is 0. The molecule has 0 radical (unpaired) electrons. The highest BCUT2D eigenvalue weighted by Gasteiger charge is 2.14. The average Bonchev–Trinajstić information content (AvgIpc) is 2.41. The van der Waals surface area contributed by atoms with Gasteiger partial charge in [-0.2, -0.15) is 0 Å². The summed E-state index contributed by atoms with van der Waals surface area (Å²) in [6.07, 6.45) is 4.85. The number of aryl methyl sites for hydroxylation is 1. The Morgan fingerprint density at radius 2 is 2.50 bits per heavy atom. The average molecular weight is 189 g/mol. The molecule has 0 atom stereocenters. The summed E-state index contributed by atoms with van der Waals surface area (Å²) >= 11 is 0. The van der Waals surface area contributed by atoms with E-state index in [0.29, 0.717) is 6.61 Å². The molecule has 1 N–H and O–H groups in total. The molecule has 3 rings (SSSR count). The number of nitrogens with one attached hydrogen (secondary N) is 1. The van der Waals surface area contributed by atoms with Crippen molar-refractivity contribution in [2.75, 3.05) is 12.1 Å². The Morgan fingerprint density at radius 1 is 1.57 bits per heavy atom. The topological polar surface area (TPSA) is 39.1 Å². The molecule has 4 nitrogen and oxygen atoms in total. The molecule has 0 aromatic carbocycles. The van der Waals surface area contributed by atoms with E-state index in [1.807, 2.05) is 13.1 Å². The van der Waals surface area contributed by atoms with E-state index in [2.05, 4.69) is 21.2 Å². The van der Waals surface area contributed by atoms with E-state index < -0.39 is 0 Å². The monoisotopic (exact) mass is 189 g/mol. The number of hydrogen-bond acceptors (Lipinski definition) is 3. The quantitative estimate of drug-likeness (QED) is 0.682. The van der Waals surface area contributed by atoms with E-state index in [1.54, 1.807) is 6.20 Å². The van der Waals surface area contributed by atoms with Crippen molar-refractivity contribution in [2.45, 2.75) is 6.42 Å². The lowest BCUT2D eigenvalue weighted by atomic mass is 10.1. The smallest absolute Gasteiger partial charge is 0.142 e. The van der Waals surface area contributed by atoms with Crippen molar-refractivity contribution < 1.29 is 4.84 Å². The summed E-state index contributed by atoms with van der Waals surface area (Å²) in [6.45, 7) is 0.702. The molecular formula is C10H11N3O. The maximum Gasteiger partial charge on any atom is 0.142 e. The molecule has 3 heterocycles. The maximum absolute atomic E-state index is 5.28. The van der Waals surface area contributed by atoms with Crippen LogP contribution in [0.3, 0.4) is 0 Å². The lowest BCUT2D eigenvalue weighted by Gasteiger charge is -2.04. The van der Waals surface area contributed by atoms with Crippen LogP contribution in [0, 0.1) is 0 Å². The van der Waals surface area contributed by atoms with Crippen LogP contribution in [0.2, 0.25) is 0 Å². The molecule has 2 aromatic rings. The van der Waals surface area contributed by atoms with Crippen molar-refractivity contribution in [3.8, 4) is 0 Å². The molecule has 1 aliphatic heterocycles. The minimum Gasteiger partial charge on any atom is -0.335 e. The molecule has 0 unspecified atom stereocenters. The third-order valence-corrected chi connectivity index (χ3v) is 2.59. The Labute approximate surface area is 81.5 Å². The normalized spacial score (nSPS) is 15.2. The summed E-state index contributed by atoms with van der Waals surface area (Å²) in [7, 11) is 2.02. The van der Waals surface area contributed by atoms with Crippen molar-refractivity contribution in [3.05, 3.63) is 24.0 Å². The lowest BCUT2D eigenvalue weighted by molar-refractivity contribution is 0.200. The first-order valence-corrected chi connectivity index (χ1v) is 4.67. The third-order valence-electron chi connectivity index (χ3n) is 2.59. The molecule has 0 amide bonds. The zero-order chi connectivity index (χ0) is 9.54. The summed E-state index contributed by atoms with van der Waals surface area (Å²) in [6, 6.07) is 1.94. The zero-order valence-electron chi connectivity index (χ0n) is 7.95. The van der Waals surface area contributed by atoms with Gasteiger partial charge in [-0.25, -0.2) is 4.98 Å². The lowest BCUT2D eigenvalue weighted by Crippen LogP contribution is -2.02. The van der Waals surface area contributed by atoms with Crippen LogP contribution in [0.5, 0.6) is 0 Å². The third kappa shape index (κ3) is 0.943. The van der Waals surface area contributed by atoms with Crippen molar-refractivity contribution in [1.29, 1.82) is 0 Å². The number of anilines is 1. The van der Waals surface area contributed by atoms with Gasteiger partial charge in [0.25, 0.3) is 0 Å². The highest BCUT2D eigenvalue weighted by atomic mass is 16.6. The van der Waals surface area contributed by atoms with Crippen LogP contribution < -0.4 is 5.48 Å². The Kier molecular flexibility index (Phi) is 1.52. The molecule has 72 valence electrons. The van der Waals surface area contributed by atoms with Gasteiger partial charge >= 0.3 is 0 Å². The van der Waals surface area contributed by atoms with Crippen molar-refractivity contribution in [2.24, 2.45) is 7.05 Å². The standard InChI is InChI=1S/C10H11N3O/c1-13-6-7-3-5-14-12-8-2-4-11-10(13)9(7)8/h2,4,6,12H,3,5H2,1H3. The van der Waals surface area contributed by atoms with Gasteiger partial charge in [0.05, 0.1) is 12.3 Å². The number of hydrogen-bond donors (Lipinski definition) is 1. The van der Waals surface area contributed by atoms with E-state index in [-0.39, 0.29) is 0 Å². The number of pyridine rings is 1. The van der Waals surface area contributed by atoms with E-state index in [4.69, 9.17) is 4.84 Å². The second-order valence-electron chi connectivity index (χ2n) is 3.52. The Morgan fingerprint density at radius 3 is 3.43 bits per heavy atom. The molecule has 0 saturated heterocycles. The predicted molar refractivity (Wildman–Crippen MR) is 54.0 cm³/mol. The van der Waals surface area contributed by atoms with E-state index in [0.717, 1.165) is 17.8 Å². The Balaban J connectivity index is 2.42. The van der Waals surface area contributed by atoms with Crippen LogP contribution in [-0.2, 0) is 18.3 Å². The largest absolute Gasteiger partial charge is 0.335 e. The first-order valence-electron chi connectivity index (χ1n) is 4.67. The van der Waals surface area contributed by atoms with Crippen molar-refractivity contribution >= 4 is 16.7 Å². The first kappa shape index (κ1) is 7.82. The molecular weight excluding hydrogens is 178 g/mol. The summed E-state index contributed by atoms with van der Waals surface area (Å²) < 4.78 is 2.06. The number of aromatic nitrogens is 2. The predicted octanol–water partition coefficient (Wildman–Crippen LogP) is 1.47. The van der Waals surface area contributed by atoms with E-state index >= 15 is 0 Å². The summed E-state index contributed by atoms with van der Waals surface area (Å²) in [4.78, 5) is 9.63. The fraction of sp³-hybridized carbons (Fsp3) is 0.300.